The summed E-state index contributed by atoms with van der Waals surface area (Å²) in [6.45, 7) is 0.604. The molecule has 0 spiro atoms. The number of thiophene rings is 1. The van der Waals surface area contributed by atoms with E-state index in [-0.39, 0.29) is 23.6 Å². The standard InChI is InChI=1S/C24H22N4O4S2/c29-34(30,17-8-7-15-4-1-2-5-16(15)12-17)28-20-14-32-22-19(13-31-23(20)22)27-24-25-10-9-18(26-24)21-6-3-11-33-21/h1-12,19-20,22-23,28H,13-14H2,(H,25,26,27)/t19-,20-,22+,23+/m0/s1. The Morgan fingerprint density at radius 2 is 1.71 bits per heavy atom. The Morgan fingerprint density at radius 3 is 2.53 bits per heavy atom. The van der Waals surface area contributed by atoms with Crippen molar-refractivity contribution in [1.29, 1.82) is 0 Å². The first kappa shape index (κ1) is 21.6. The predicted octanol–water partition coefficient (Wildman–Crippen LogP) is 3.28. The summed E-state index contributed by atoms with van der Waals surface area (Å²) in [5.74, 6) is 0.490. The highest BCUT2D eigenvalue weighted by Gasteiger charge is 2.49. The van der Waals surface area contributed by atoms with E-state index >= 15 is 0 Å². The van der Waals surface area contributed by atoms with Gasteiger partial charge in [-0.2, -0.15) is 0 Å². The van der Waals surface area contributed by atoms with E-state index in [4.69, 9.17) is 9.47 Å². The summed E-state index contributed by atoms with van der Waals surface area (Å²) in [5.41, 5.74) is 0.844. The van der Waals surface area contributed by atoms with E-state index in [2.05, 4.69) is 20.0 Å². The number of nitrogens with zero attached hydrogens (tertiary/aromatic N) is 2. The van der Waals surface area contributed by atoms with Crippen LogP contribution in [-0.4, -0.2) is 55.9 Å². The Balaban J connectivity index is 1.15. The molecule has 6 rings (SSSR count). The normalized spacial score (nSPS) is 24.4. The zero-order valence-corrected chi connectivity index (χ0v) is 19.6. The van der Waals surface area contributed by atoms with Crippen LogP contribution in [0.1, 0.15) is 0 Å². The molecule has 10 heteroatoms. The summed E-state index contributed by atoms with van der Waals surface area (Å²) in [4.78, 5) is 10.2. The zero-order chi connectivity index (χ0) is 23.1. The number of anilines is 1. The van der Waals surface area contributed by atoms with Gasteiger partial charge in [0.2, 0.25) is 16.0 Å². The molecule has 2 N–H and O–H groups in total. The second-order valence-corrected chi connectivity index (χ2v) is 11.0. The van der Waals surface area contributed by atoms with Crippen LogP contribution >= 0.6 is 11.3 Å². The van der Waals surface area contributed by atoms with Gasteiger partial charge in [-0.25, -0.2) is 23.1 Å². The van der Waals surface area contributed by atoms with Gasteiger partial charge in [-0.3, -0.25) is 0 Å². The van der Waals surface area contributed by atoms with Gasteiger partial charge in [0.05, 0.1) is 40.8 Å². The molecule has 0 bridgehead atoms. The number of ether oxygens (including phenoxy) is 2. The van der Waals surface area contributed by atoms with Crippen molar-refractivity contribution < 1.29 is 17.9 Å². The Labute approximate surface area is 201 Å². The van der Waals surface area contributed by atoms with Crippen LogP contribution in [0.15, 0.2) is 77.1 Å². The van der Waals surface area contributed by atoms with Gasteiger partial charge in [-0.05, 0) is 40.4 Å². The average molecular weight is 495 g/mol. The molecule has 4 heterocycles. The number of hydrogen-bond acceptors (Lipinski definition) is 8. The van der Waals surface area contributed by atoms with Gasteiger partial charge >= 0.3 is 0 Å². The molecule has 0 aliphatic carbocycles. The molecule has 0 amide bonds. The summed E-state index contributed by atoms with van der Waals surface area (Å²) in [7, 11) is -3.73. The number of hydrogen-bond donors (Lipinski definition) is 2. The first-order chi connectivity index (χ1) is 16.6. The fourth-order valence-electron chi connectivity index (χ4n) is 4.48. The van der Waals surface area contributed by atoms with Gasteiger partial charge in [0.25, 0.3) is 0 Å². The van der Waals surface area contributed by atoms with E-state index < -0.39 is 22.2 Å². The van der Waals surface area contributed by atoms with Gasteiger partial charge in [-0.1, -0.05) is 36.4 Å². The van der Waals surface area contributed by atoms with E-state index in [1.54, 1.807) is 29.7 Å². The maximum Gasteiger partial charge on any atom is 0.241 e. The minimum Gasteiger partial charge on any atom is -0.371 e. The lowest BCUT2D eigenvalue weighted by Crippen LogP contribution is -2.44. The van der Waals surface area contributed by atoms with E-state index in [0.717, 1.165) is 21.3 Å². The van der Waals surface area contributed by atoms with E-state index in [1.807, 2.05) is 53.9 Å². The molecule has 174 valence electrons. The maximum atomic E-state index is 13.1. The smallest absolute Gasteiger partial charge is 0.241 e. The molecule has 2 fully saturated rings. The quantitative estimate of drug-likeness (QED) is 0.424. The molecule has 2 aromatic heterocycles. The van der Waals surface area contributed by atoms with Crippen LogP contribution in [0.4, 0.5) is 5.95 Å². The van der Waals surface area contributed by atoms with Crippen LogP contribution in [0.2, 0.25) is 0 Å². The second kappa shape index (κ2) is 8.71. The molecule has 2 aromatic carbocycles. The molecule has 4 aromatic rings. The van der Waals surface area contributed by atoms with Crippen molar-refractivity contribution in [3.63, 3.8) is 0 Å². The molecule has 4 atom stereocenters. The zero-order valence-electron chi connectivity index (χ0n) is 18.0. The molecule has 0 saturated carbocycles. The highest BCUT2D eigenvalue weighted by atomic mass is 32.2. The third-order valence-electron chi connectivity index (χ3n) is 6.13. The summed E-state index contributed by atoms with van der Waals surface area (Å²) in [6.07, 6.45) is 1.01. The lowest BCUT2D eigenvalue weighted by atomic mass is 10.1. The highest BCUT2D eigenvalue weighted by molar-refractivity contribution is 7.89. The average Bonchev–Trinajstić information content (AvgIpc) is 3.60. The van der Waals surface area contributed by atoms with Gasteiger partial charge in [0.1, 0.15) is 12.2 Å². The van der Waals surface area contributed by atoms with E-state index in [1.165, 1.54) is 0 Å². The van der Waals surface area contributed by atoms with Crippen LogP contribution < -0.4 is 10.0 Å². The topological polar surface area (TPSA) is 102 Å². The molecular weight excluding hydrogens is 472 g/mol. The Hall–Kier alpha value is -2.89. The summed E-state index contributed by atoms with van der Waals surface area (Å²) in [6, 6.07) is 18.0. The lowest BCUT2D eigenvalue weighted by molar-refractivity contribution is 0.0690. The first-order valence-corrected chi connectivity index (χ1v) is 13.3. The summed E-state index contributed by atoms with van der Waals surface area (Å²) < 4.78 is 40.9. The largest absolute Gasteiger partial charge is 0.371 e. The van der Waals surface area contributed by atoms with Gasteiger partial charge in [0, 0.05) is 6.20 Å². The predicted molar refractivity (Wildman–Crippen MR) is 130 cm³/mol. The number of benzene rings is 2. The van der Waals surface area contributed by atoms with Crippen molar-refractivity contribution in [3.05, 3.63) is 72.2 Å². The minimum absolute atomic E-state index is 0.182. The Morgan fingerprint density at radius 1 is 0.912 bits per heavy atom. The number of nitrogens with one attached hydrogen (secondary N) is 2. The summed E-state index contributed by atoms with van der Waals surface area (Å²) >= 11 is 1.61. The van der Waals surface area contributed by atoms with Gasteiger partial charge in [-0.15, -0.1) is 11.3 Å². The van der Waals surface area contributed by atoms with E-state index in [0.29, 0.717) is 12.6 Å². The molecule has 2 aliphatic heterocycles. The van der Waals surface area contributed by atoms with Crippen LogP contribution in [0.25, 0.3) is 21.3 Å². The molecule has 0 unspecified atom stereocenters. The maximum absolute atomic E-state index is 13.1. The Kier molecular flexibility index (Phi) is 5.54. The third kappa shape index (κ3) is 4.08. The van der Waals surface area contributed by atoms with Crippen molar-refractivity contribution in [2.45, 2.75) is 29.2 Å². The SMILES string of the molecule is O=S(=O)(N[C@H]1CO[C@H]2[C@@H]1OC[C@@H]2Nc1nccc(-c2cccs2)n1)c1ccc2ccccc2c1. The number of rotatable bonds is 6. The number of sulfonamides is 1. The number of aromatic nitrogens is 2. The third-order valence-corrected chi connectivity index (χ3v) is 8.51. The van der Waals surface area contributed by atoms with Crippen molar-refractivity contribution >= 4 is 38.1 Å². The molecular formula is C24H22N4O4S2. The molecule has 2 saturated heterocycles. The van der Waals surface area contributed by atoms with Crippen LogP contribution in [0.5, 0.6) is 0 Å². The molecule has 34 heavy (non-hydrogen) atoms. The van der Waals surface area contributed by atoms with Crippen molar-refractivity contribution in [2.75, 3.05) is 18.5 Å². The number of fused-ring (bicyclic) bond motifs is 2. The Bertz CT molecular complexity index is 1430. The lowest BCUT2D eigenvalue weighted by Gasteiger charge is -2.18. The fraction of sp³-hybridized carbons (Fsp3) is 0.250. The van der Waals surface area contributed by atoms with Crippen LogP contribution in [0.3, 0.4) is 0 Å². The van der Waals surface area contributed by atoms with Crippen LogP contribution in [0, 0.1) is 0 Å². The van der Waals surface area contributed by atoms with Gasteiger partial charge in [0.15, 0.2) is 0 Å². The molecule has 8 nitrogen and oxygen atoms in total. The van der Waals surface area contributed by atoms with Crippen molar-refractivity contribution in [3.8, 4) is 10.6 Å². The molecule has 2 aliphatic rings. The van der Waals surface area contributed by atoms with Crippen molar-refractivity contribution in [1.82, 2.24) is 14.7 Å². The first-order valence-electron chi connectivity index (χ1n) is 10.9. The fourth-order valence-corrected chi connectivity index (χ4v) is 6.44. The monoisotopic (exact) mass is 494 g/mol. The highest BCUT2D eigenvalue weighted by Crippen LogP contribution is 2.30. The molecule has 0 radical (unpaired) electrons. The van der Waals surface area contributed by atoms with Crippen LogP contribution in [-0.2, 0) is 19.5 Å². The minimum atomic E-state index is -3.73. The van der Waals surface area contributed by atoms with Gasteiger partial charge < -0.3 is 14.8 Å². The second-order valence-electron chi connectivity index (χ2n) is 8.33. The summed E-state index contributed by atoms with van der Waals surface area (Å²) in [5, 5.41) is 7.17. The van der Waals surface area contributed by atoms with E-state index in [9.17, 15) is 8.42 Å². The van der Waals surface area contributed by atoms with Crippen molar-refractivity contribution in [2.24, 2.45) is 0 Å².